The van der Waals surface area contributed by atoms with Crippen molar-refractivity contribution >= 4 is 12.8 Å². The molecule has 72 valence electrons. The molecule has 0 amide bonds. The molecule has 0 aromatic heterocycles. The number of rotatable bonds is 1. The van der Waals surface area contributed by atoms with Gasteiger partial charge in [0.05, 0.1) is 0 Å². The summed E-state index contributed by atoms with van der Waals surface area (Å²) in [6, 6.07) is 0.710. The Morgan fingerprint density at radius 1 is 1.08 bits per heavy atom. The highest BCUT2D eigenvalue weighted by molar-refractivity contribution is 7.77. The molecule has 0 bridgehead atoms. The van der Waals surface area contributed by atoms with E-state index in [4.69, 9.17) is 0 Å². The molecule has 2 heteroatoms. The molecule has 0 radical (unpaired) electrons. The van der Waals surface area contributed by atoms with Crippen molar-refractivity contribution < 1.29 is 0 Å². The van der Waals surface area contributed by atoms with Crippen molar-refractivity contribution in [2.75, 3.05) is 0 Å². The lowest BCUT2D eigenvalue weighted by molar-refractivity contribution is 0.175. The molecule has 1 aliphatic carbocycles. The first-order valence-electron chi connectivity index (χ1n) is 5.00. The third-order valence-electron chi connectivity index (χ3n) is 2.61. The summed E-state index contributed by atoms with van der Waals surface area (Å²) in [5.74, 6) is 0. The maximum Gasteiger partial charge on any atom is 0.0229 e. The summed E-state index contributed by atoms with van der Waals surface area (Å²) in [5, 5.41) is 0. The Balaban J connectivity index is 2.45. The molecular weight excluding hydrogens is 166 g/mol. The molecule has 0 N–H and O–H groups in total. The highest BCUT2D eigenvalue weighted by Crippen LogP contribution is 2.29. The van der Waals surface area contributed by atoms with Gasteiger partial charge in [0.15, 0.2) is 0 Å². The molecule has 1 fully saturated rings. The Kier molecular flexibility index (Phi) is 3.47. The first-order valence-corrected chi connectivity index (χ1v) is 5.40. The highest BCUT2D eigenvalue weighted by Gasteiger charge is 2.27. The average molecular weight is 187 g/mol. The van der Waals surface area contributed by atoms with Crippen LogP contribution in [-0.2, 0) is 0 Å². The summed E-state index contributed by atoms with van der Waals surface area (Å²) in [6.07, 6.45) is 6.86. The van der Waals surface area contributed by atoms with Gasteiger partial charge in [0.1, 0.15) is 0 Å². The maximum atomic E-state index is 4.59. The highest BCUT2D eigenvalue weighted by atomic mass is 32.1. The Labute approximate surface area is 82.1 Å². The van der Waals surface area contributed by atoms with Gasteiger partial charge in [0, 0.05) is 11.6 Å². The van der Waals surface area contributed by atoms with Crippen molar-refractivity contribution in [2.24, 2.45) is 0 Å². The van der Waals surface area contributed by atoms with Gasteiger partial charge in [-0.1, -0.05) is 32.1 Å². The number of hydrogen-bond donors (Lipinski definition) is 1. The summed E-state index contributed by atoms with van der Waals surface area (Å²) < 4.78 is 2.24. The maximum absolute atomic E-state index is 4.59. The summed E-state index contributed by atoms with van der Waals surface area (Å²) in [5.41, 5.74) is 0.213. The van der Waals surface area contributed by atoms with Gasteiger partial charge in [0.2, 0.25) is 0 Å². The van der Waals surface area contributed by atoms with E-state index in [0.29, 0.717) is 6.04 Å². The van der Waals surface area contributed by atoms with Crippen molar-refractivity contribution in [3.8, 4) is 0 Å². The predicted molar refractivity (Wildman–Crippen MR) is 57.5 cm³/mol. The zero-order chi connectivity index (χ0) is 9.19. The van der Waals surface area contributed by atoms with Crippen LogP contribution in [0.1, 0.15) is 52.9 Å². The van der Waals surface area contributed by atoms with Gasteiger partial charge in [-0.15, -0.1) is 0 Å². The van der Waals surface area contributed by atoms with Gasteiger partial charge in [-0.05, 0) is 33.6 Å². The van der Waals surface area contributed by atoms with Gasteiger partial charge >= 0.3 is 0 Å². The summed E-state index contributed by atoms with van der Waals surface area (Å²) >= 11 is 4.59. The van der Waals surface area contributed by atoms with Crippen LogP contribution >= 0.6 is 12.8 Å². The second kappa shape index (κ2) is 4.01. The fraction of sp³-hybridized carbons (Fsp3) is 1.00. The second-order valence-corrected chi connectivity index (χ2v) is 5.24. The lowest BCUT2D eigenvalue weighted by Crippen LogP contribution is -2.42. The van der Waals surface area contributed by atoms with Crippen LogP contribution < -0.4 is 0 Å². The molecule has 1 saturated carbocycles. The minimum atomic E-state index is 0.213. The molecule has 0 aromatic carbocycles. The topological polar surface area (TPSA) is 3.24 Å². The van der Waals surface area contributed by atoms with Gasteiger partial charge in [0.25, 0.3) is 0 Å². The quantitative estimate of drug-likeness (QED) is 0.617. The zero-order valence-corrected chi connectivity index (χ0v) is 9.40. The van der Waals surface area contributed by atoms with E-state index in [1.807, 2.05) is 0 Å². The number of nitrogens with zero attached hydrogens (tertiary/aromatic N) is 1. The molecule has 1 nitrogen and oxygen atoms in total. The minimum absolute atomic E-state index is 0.213. The van der Waals surface area contributed by atoms with E-state index < -0.39 is 0 Å². The van der Waals surface area contributed by atoms with Crippen LogP contribution in [0.4, 0.5) is 0 Å². The molecule has 0 atom stereocenters. The third kappa shape index (κ3) is 2.67. The Morgan fingerprint density at radius 3 is 2.00 bits per heavy atom. The minimum Gasteiger partial charge on any atom is -0.245 e. The van der Waals surface area contributed by atoms with Crippen LogP contribution in [0, 0.1) is 0 Å². The van der Waals surface area contributed by atoms with Crippen molar-refractivity contribution in [2.45, 2.75) is 64.5 Å². The van der Waals surface area contributed by atoms with Crippen LogP contribution in [0.5, 0.6) is 0 Å². The molecular formula is C10H21NS. The summed E-state index contributed by atoms with van der Waals surface area (Å²) in [6.45, 7) is 6.69. The monoisotopic (exact) mass is 187 g/mol. The van der Waals surface area contributed by atoms with E-state index in [1.165, 1.54) is 32.1 Å². The molecule has 0 unspecified atom stereocenters. The van der Waals surface area contributed by atoms with Gasteiger partial charge in [-0.2, -0.15) is 0 Å². The summed E-state index contributed by atoms with van der Waals surface area (Å²) in [7, 11) is 0. The molecule has 12 heavy (non-hydrogen) atoms. The first kappa shape index (κ1) is 10.4. The van der Waals surface area contributed by atoms with E-state index in [-0.39, 0.29) is 5.54 Å². The van der Waals surface area contributed by atoms with E-state index in [9.17, 15) is 0 Å². The fourth-order valence-electron chi connectivity index (χ4n) is 1.87. The number of hydrogen-bond acceptors (Lipinski definition) is 2. The van der Waals surface area contributed by atoms with Crippen molar-refractivity contribution in [1.82, 2.24) is 4.31 Å². The lowest BCUT2D eigenvalue weighted by atomic mass is 9.93. The van der Waals surface area contributed by atoms with E-state index >= 15 is 0 Å². The normalized spacial score (nSPS) is 21.8. The van der Waals surface area contributed by atoms with Gasteiger partial charge < -0.3 is 0 Å². The first-order chi connectivity index (χ1) is 5.52. The standard InChI is InChI=1S/C10H21NS/c1-10(2,3)11(12)9-7-5-4-6-8-9/h9,12H,4-8H2,1-3H3. The Morgan fingerprint density at radius 2 is 1.58 bits per heavy atom. The molecule has 0 aromatic rings. The predicted octanol–water partition coefficient (Wildman–Crippen LogP) is 3.26. The third-order valence-corrected chi connectivity index (χ3v) is 3.53. The molecule has 0 heterocycles. The van der Waals surface area contributed by atoms with E-state index in [1.54, 1.807) is 0 Å². The zero-order valence-electron chi connectivity index (χ0n) is 8.51. The number of thiol groups is 1. The van der Waals surface area contributed by atoms with Crippen LogP contribution in [-0.4, -0.2) is 15.9 Å². The van der Waals surface area contributed by atoms with Crippen LogP contribution in [0.2, 0.25) is 0 Å². The largest absolute Gasteiger partial charge is 0.245 e. The Bertz CT molecular complexity index is 133. The van der Waals surface area contributed by atoms with E-state index in [2.05, 4.69) is 37.9 Å². The molecule has 1 aliphatic rings. The summed E-state index contributed by atoms with van der Waals surface area (Å²) in [4.78, 5) is 0. The smallest absolute Gasteiger partial charge is 0.0229 e. The second-order valence-electron chi connectivity index (χ2n) is 4.81. The van der Waals surface area contributed by atoms with Crippen molar-refractivity contribution in [1.29, 1.82) is 0 Å². The van der Waals surface area contributed by atoms with Crippen molar-refractivity contribution in [3.63, 3.8) is 0 Å². The SMILES string of the molecule is CC(C)(C)N(S)C1CCCCC1. The van der Waals surface area contributed by atoms with Gasteiger partial charge in [-0.25, -0.2) is 4.31 Å². The molecule has 0 saturated heterocycles. The van der Waals surface area contributed by atoms with Crippen LogP contribution in [0.15, 0.2) is 0 Å². The van der Waals surface area contributed by atoms with Crippen LogP contribution in [0.3, 0.4) is 0 Å². The Hall–Kier alpha value is 0.310. The average Bonchev–Trinajstić information content (AvgIpc) is 2.03. The fourth-order valence-corrected chi connectivity index (χ4v) is 2.10. The molecule has 1 rings (SSSR count). The van der Waals surface area contributed by atoms with Crippen LogP contribution in [0.25, 0.3) is 0 Å². The van der Waals surface area contributed by atoms with Crippen molar-refractivity contribution in [3.05, 3.63) is 0 Å². The molecule has 0 aliphatic heterocycles. The van der Waals surface area contributed by atoms with E-state index in [0.717, 1.165) is 0 Å². The van der Waals surface area contributed by atoms with Gasteiger partial charge in [-0.3, -0.25) is 0 Å². The lowest BCUT2D eigenvalue weighted by Gasteiger charge is -2.39. The molecule has 0 spiro atoms.